The van der Waals surface area contributed by atoms with Gasteiger partial charge < -0.3 is 0 Å². The Hall–Kier alpha value is -3.90. The molecule has 6 nitrogen and oxygen atoms in total. The zero-order chi connectivity index (χ0) is 27.3. The van der Waals surface area contributed by atoms with Crippen molar-refractivity contribution in [2.45, 2.75) is 47.5 Å². The number of hydrazone groups is 1. The van der Waals surface area contributed by atoms with Gasteiger partial charge in [0.05, 0.1) is 17.3 Å². The van der Waals surface area contributed by atoms with Gasteiger partial charge in [0.15, 0.2) is 0 Å². The van der Waals surface area contributed by atoms with Gasteiger partial charge in [-0.05, 0) is 99.7 Å². The van der Waals surface area contributed by atoms with E-state index in [1.54, 1.807) is 10.7 Å². The van der Waals surface area contributed by atoms with Crippen molar-refractivity contribution in [3.8, 4) is 5.69 Å². The van der Waals surface area contributed by atoms with Crippen LogP contribution in [0.1, 0.15) is 51.9 Å². The van der Waals surface area contributed by atoms with Crippen LogP contribution in [0.15, 0.2) is 70.6 Å². The van der Waals surface area contributed by atoms with E-state index < -0.39 is 11.8 Å². The highest BCUT2D eigenvalue weighted by molar-refractivity contribution is 6.31. The van der Waals surface area contributed by atoms with Crippen LogP contribution in [0.4, 0.5) is 5.69 Å². The number of carbonyl (C=O) groups excluding carboxylic acids is 1. The quantitative estimate of drug-likeness (QED) is 0.321. The first kappa shape index (κ1) is 25.7. The summed E-state index contributed by atoms with van der Waals surface area (Å²) in [5.74, 6) is -1.49. The Bertz CT molecular complexity index is 1660. The second-order valence-electron chi connectivity index (χ2n) is 10.2. The fraction of sp³-hybridized carbons (Fsp3) is 0.258. The Morgan fingerprint density at radius 3 is 2.05 bits per heavy atom. The Morgan fingerprint density at radius 2 is 1.42 bits per heavy atom. The van der Waals surface area contributed by atoms with Crippen LogP contribution in [0, 0.1) is 40.5 Å². The second-order valence-corrected chi connectivity index (χ2v) is 10.6. The Morgan fingerprint density at radius 1 is 0.816 bits per heavy atom. The number of H-pyrrole nitrogens is 1. The van der Waals surface area contributed by atoms with Crippen LogP contribution in [0.5, 0.6) is 0 Å². The average molecular weight is 527 g/mol. The third-order valence-corrected chi connectivity index (χ3v) is 8.01. The van der Waals surface area contributed by atoms with Crippen molar-refractivity contribution in [2.75, 3.05) is 5.01 Å². The van der Waals surface area contributed by atoms with Gasteiger partial charge in [0.25, 0.3) is 11.5 Å². The summed E-state index contributed by atoms with van der Waals surface area (Å²) < 4.78 is 1.55. The molecule has 1 aromatic heterocycles. The van der Waals surface area contributed by atoms with Gasteiger partial charge in [-0.3, -0.25) is 14.7 Å². The van der Waals surface area contributed by atoms with Crippen molar-refractivity contribution in [1.82, 2.24) is 9.78 Å². The third kappa shape index (κ3) is 4.29. The molecule has 2 atom stereocenters. The van der Waals surface area contributed by atoms with Crippen LogP contribution in [0.25, 0.3) is 5.69 Å². The van der Waals surface area contributed by atoms with Crippen molar-refractivity contribution < 1.29 is 4.79 Å². The molecule has 0 saturated heterocycles. The summed E-state index contributed by atoms with van der Waals surface area (Å²) >= 11 is 6.72. The highest BCUT2D eigenvalue weighted by Crippen LogP contribution is 2.41. The first-order valence-electron chi connectivity index (χ1n) is 12.7. The molecule has 0 spiro atoms. The molecule has 1 amide bonds. The number of nitrogens with zero attached hydrogens (tertiary/aromatic N) is 3. The van der Waals surface area contributed by atoms with Gasteiger partial charge in [-0.25, -0.2) is 9.69 Å². The second kappa shape index (κ2) is 9.76. The number of anilines is 1. The number of carbonyl (C=O) groups is 1. The smallest absolute Gasteiger partial charge is 0.275 e. The minimum atomic E-state index is -0.688. The first-order chi connectivity index (χ1) is 18.1. The molecular formula is C31H31ClN4O2. The van der Waals surface area contributed by atoms with Crippen LogP contribution >= 0.6 is 11.6 Å². The van der Waals surface area contributed by atoms with Crippen LogP contribution in [0.3, 0.4) is 0 Å². The van der Waals surface area contributed by atoms with E-state index in [2.05, 4.69) is 10.2 Å². The number of benzene rings is 3. The largest absolute Gasteiger partial charge is 0.295 e. The van der Waals surface area contributed by atoms with Gasteiger partial charge in [0, 0.05) is 27.9 Å². The predicted octanol–water partition coefficient (Wildman–Crippen LogP) is 6.53. The number of rotatable bonds is 5. The molecular weight excluding hydrogens is 496 g/mol. The normalized spacial score (nSPS) is 16.2. The Kier molecular flexibility index (Phi) is 6.61. The molecule has 0 aliphatic carbocycles. The molecule has 3 aromatic carbocycles. The summed E-state index contributed by atoms with van der Waals surface area (Å²) in [6.45, 7) is 11.8. The average Bonchev–Trinajstić information content (AvgIpc) is 3.34. The number of nitrogens with one attached hydrogen (secondary N) is 1. The number of amides is 1. The SMILES string of the molecule is CC1=NN(c2ccc(C)c(C)c2)C(=O)[C@@H]1[C@@H](c1ccccc1Cl)c1c(C)[nH]n(-c2ccc(C)c(C)c2)c1=O. The fourth-order valence-electron chi connectivity index (χ4n) is 5.21. The molecule has 1 aliphatic heterocycles. The molecule has 0 fully saturated rings. The van der Waals surface area contributed by atoms with Crippen molar-refractivity contribution in [2.24, 2.45) is 11.0 Å². The van der Waals surface area contributed by atoms with E-state index in [1.165, 1.54) is 5.01 Å². The molecule has 0 saturated carbocycles. The molecule has 4 aromatic rings. The molecule has 2 heterocycles. The molecule has 0 bridgehead atoms. The van der Waals surface area contributed by atoms with E-state index in [4.69, 9.17) is 11.6 Å². The van der Waals surface area contributed by atoms with Gasteiger partial charge in [0.1, 0.15) is 0 Å². The lowest BCUT2D eigenvalue weighted by Gasteiger charge is -2.24. The minimum Gasteiger partial charge on any atom is -0.295 e. The summed E-state index contributed by atoms with van der Waals surface area (Å²) in [6, 6.07) is 19.2. The van der Waals surface area contributed by atoms with Gasteiger partial charge >= 0.3 is 0 Å². The number of hydrogen-bond donors (Lipinski definition) is 1. The summed E-state index contributed by atoms with van der Waals surface area (Å²) in [5.41, 5.74) is 8.23. The van der Waals surface area contributed by atoms with Gasteiger partial charge in [-0.15, -0.1) is 0 Å². The highest BCUT2D eigenvalue weighted by Gasteiger charge is 2.44. The van der Waals surface area contributed by atoms with Gasteiger partial charge in [-0.2, -0.15) is 5.10 Å². The number of aromatic nitrogens is 2. The van der Waals surface area contributed by atoms with E-state index in [9.17, 15) is 9.59 Å². The van der Waals surface area contributed by atoms with E-state index in [-0.39, 0.29) is 11.5 Å². The lowest BCUT2D eigenvalue weighted by atomic mass is 9.78. The Labute approximate surface area is 227 Å². The monoisotopic (exact) mass is 526 g/mol. The van der Waals surface area contributed by atoms with E-state index in [0.29, 0.717) is 27.7 Å². The molecule has 38 heavy (non-hydrogen) atoms. The first-order valence-corrected chi connectivity index (χ1v) is 13.1. The fourth-order valence-corrected chi connectivity index (χ4v) is 5.46. The molecule has 5 rings (SSSR count). The van der Waals surface area contributed by atoms with Crippen LogP contribution < -0.4 is 10.6 Å². The summed E-state index contributed by atoms with van der Waals surface area (Å²) in [5, 5.41) is 9.89. The number of aromatic amines is 1. The molecule has 1 aliphatic rings. The van der Waals surface area contributed by atoms with Crippen LogP contribution in [-0.2, 0) is 4.79 Å². The van der Waals surface area contributed by atoms with E-state index in [1.807, 2.05) is 96.1 Å². The summed E-state index contributed by atoms with van der Waals surface area (Å²) in [6.07, 6.45) is 0. The molecule has 0 radical (unpaired) electrons. The predicted molar refractivity (Wildman–Crippen MR) is 154 cm³/mol. The standard InChI is InChI=1S/C31H31ClN4O2/c1-17-11-13-23(15-19(17)3)35-30(37)27(21(5)33-35)29(25-9-7-8-10-26(25)32)28-22(6)34-36(31(28)38)24-14-12-18(2)20(4)16-24/h7-16,27,29,34H,1-6H3/t27-,29+/m0/s1. The Balaban J connectivity index is 1.67. The number of aryl methyl sites for hydroxylation is 5. The van der Waals surface area contributed by atoms with Crippen molar-refractivity contribution in [3.63, 3.8) is 0 Å². The van der Waals surface area contributed by atoms with Gasteiger partial charge in [-0.1, -0.05) is 41.9 Å². The van der Waals surface area contributed by atoms with E-state index in [0.717, 1.165) is 33.5 Å². The maximum atomic E-state index is 14.0. The lowest BCUT2D eigenvalue weighted by molar-refractivity contribution is -0.120. The lowest BCUT2D eigenvalue weighted by Crippen LogP contribution is -2.34. The van der Waals surface area contributed by atoms with Crippen molar-refractivity contribution >= 4 is 28.9 Å². The van der Waals surface area contributed by atoms with Crippen molar-refractivity contribution in [3.05, 3.63) is 115 Å². The molecule has 194 valence electrons. The van der Waals surface area contributed by atoms with E-state index >= 15 is 0 Å². The number of hydrogen-bond acceptors (Lipinski definition) is 3. The van der Waals surface area contributed by atoms with Crippen LogP contribution in [-0.4, -0.2) is 21.4 Å². The summed E-state index contributed by atoms with van der Waals surface area (Å²) in [4.78, 5) is 28.1. The zero-order valence-corrected chi connectivity index (χ0v) is 23.2. The molecule has 1 N–H and O–H groups in total. The maximum Gasteiger partial charge on any atom is 0.275 e. The van der Waals surface area contributed by atoms with Crippen molar-refractivity contribution in [1.29, 1.82) is 0 Å². The maximum absolute atomic E-state index is 14.0. The minimum absolute atomic E-state index is 0.187. The van der Waals surface area contributed by atoms with Crippen LogP contribution in [0.2, 0.25) is 5.02 Å². The topological polar surface area (TPSA) is 70.5 Å². The van der Waals surface area contributed by atoms with Gasteiger partial charge in [0.2, 0.25) is 0 Å². The zero-order valence-electron chi connectivity index (χ0n) is 22.5. The highest BCUT2D eigenvalue weighted by atomic mass is 35.5. The number of halogens is 1. The molecule has 7 heteroatoms. The third-order valence-electron chi connectivity index (χ3n) is 7.67. The molecule has 0 unspecified atom stereocenters. The summed E-state index contributed by atoms with van der Waals surface area (Å²) in [7, 11) is 0.